The second kappa shape index (κ2) is 4.16. The first-order chi connectivity index (χ1) is 6.42. The summed E-state index contributed by atoms with van der Waals surface area (Å²) in [5.74, 6) is 2.04. The Morgan fingerprint density at radius 3 is 3.15 bits per heavy atom. The van der Waals surface area contributed by atoms with Crippen LogP contribution >= 0.6 is 11.8 Å². The molecule has 1 aliphatic rings. The molecular weight excluding hydrogens is 178 g/mol. The van der Waals surface area contributed by atoms with Gasteiger partial charge in [0.15, 0.2) is 0 Å². The van der Waals surface area contributed by atoms with Gasteiger partial charge in [0.25, 0.3) is 0 Å². The maximum Gasteiger partial charge on any atom is 0.0107 e. The highest BCUT2D eigenvalue weighted by Gasteiger charge is 2.21. The molecule has 0 spiro atoms. The summed E-state index contributed by atoms with van der Waals surface area (Å²) in [5.41, 5.74) is 1.56. The third-order valence-electron chi connectivity index (χ3n) is 2.54. The smallest absolute Gasteiger partial charge is 0.0107 e. The summed E-state index contributed by atoms with van der Waals surface area (Å²) in [6.45, 7) is 1.12. The molecule has 2 rings (SSSR count). The Balaban J connectivity index is 2.09. The van der Waals surface area contributed by atoms with Crippen molar-refractivity contribution < 1.29 is 0 Å². The first-order valence-corrected chi connectivity index (χ1v) is 5.76. The molecule has 0 radical (unpaired) electrons. The zero-order chi connectivity index (χ0) is 9.10. The molecule has 0 aromatic heterocycles. The van der Waals surface area contributed by atoms with Crippen LogP contribution in [0.15, 0.2) is 29.2 Å². The molecule has 1 unspecified atom stereocenters. The summed E-state index contributed by atoms with van der Waals surface area (Å²) < 4.78 is 0. The standard InChI is InChI=1S/C11H15NS/c1-12-7-6-9-8-13-11-5-3-2-4-10(9)11/h2-5,9,12H,6-8H2,1H3. The van der Waals surface area contributed by atoms with Crippen molar-refractivity contribution in [1.29, 1.82) is 0 Å². The molecule has 70 valence electrons. The van der Waals surface area contributed by atoms with E-state index in [1.54, 1.807) is 5.56 Å². The van der Waals surface area contributed by atoms with E-state index in [0.29, 0.717) is 0 Å². The van der Waals surface area contributed by atoms with Crippen molar-refractivity contribution in [2.75, 3.05) is 19.3 Å². The lowest BCUT2D eigenvalue weighted by Crippen LogP contribution is -2.11. The number of hydrogen-bond donors (Lipinski definition) is 1. The highest BCUT2D eigenvalue weighted by Crippen LogP contribution is 2.40. The first kappa shape index (κ1) is 9.10. The Hall–Kier alpha value is -0.470. The van der Waals surface area contributed by atoms with Crippen LogP contribution in [-0.4, -0.2) is 19.3 Å². The summed E-state index contributed by atoms with van der Waals surface area (Å²) in [4.78, 5) is 1.49. The lowest BCUT2D eigenvalue weighted by Gasteiger charge is -2.09. The van der Waals surface area contributed by atoms with Gasteiger partial charge in [-0.2, -0.15) is 0 Å². The number of rotatable bonds is 3. The van der Waals surface area contributed by atoms with Crippen LogP contribution in [-0.2, 0) is 0 Å². The van der Waals surface area contributed by atoms with Crippen LogP contribution in [0.4, 0.5) is 0 Å². The third-order valence-corrected chi connectivity index (χ3v) is 3.79. The molecule has 2 heteroatoms. The average Bonchev–Trinajstić information content (AvgIpc) is 2.58. The molecule has 0 bridgehead atoms. The topological polar surface area (TPSA) is 12.0 Å². The highest BCUT2D eigenvalue weighted by atomic mass is 32.2. The molecule has 13 heavy (non-hydrogen) atoms. The van der Waals surface area contributed by atoms with Gasteiger partial charge in [0.2, 0.25) is 0 Å². The van der Waals surface area contributed by atoms with Gasteiger partial charge < -0.3 is 5.32 Å². The fourth-order valence-corrected chi connectivity index (χ4v) is 3.09. The van der Waals surface area contributed by atoms with Gasteiger partial charge in [0, 0.05) is 10.6 Å². The molecule has 1 N–H and O–H groups in total. The van der Waals surface area contributed by atoms with E-state index in [-0.39, 0.29) is 0 Å². The molecule has 1 heterocycles. The summed E-state index contributed by atoms with van der Waals surface area (Å²) in [7, 11) is 2.02. The quantitative estimate of drug-likeness (QED) is 0.791. The van der Waals surface area contributed by atoms with Crippen molar-refractivity contribution in [3.05, 3.63) is 29.8 Å². The molecule has 1 nitrogen and oxygen atoms in total. The number of benzene rings is 1. The van der Waals surface area contributed by atoms with Crippen molar-refractivity contribution in [2.24, 2.45) is 0 Å². The van der Waals surface area contributed by atoms with E-state index >= 15 is 0 Å². The Morgan fingerprint density at radius 1 is 1.46 bits per heavy atom. The molecule has 0 fully saturated rings. The van der Waals surface area contributed by atoms with E-state index in [1.165, 1.54) is 17.1 Å². The van der Waals surface area contributed by atoms with Crippen molar-refractivity contribution in [1.82, 2.24) is 5.32 Å². The monoisotopic (exact) mass is 193 g/mol. The zero-order valence-corrected chi connectivity index (χ0v) is 8.73. The van der Waals surface area contributed by atoms with Gasteiger partial charge in [-0.15, -0.1) is 11.8 Å². The summed E-state index contributed by atoms with van der Waals surface area (Å²) in [5, 5.41) is 3.22. The van der Waals surface area contributed by atoms with Gasteiger partial charge in [0.05, 0.1) is 0 Å². The van der Waals surface area contributed by atoms with Crippen LogP contribution in [0.2, 0.25) is 0 Å². The van der Waals surface area contributed by atoms with Gasteiger partial charge in [-0.25, -0.2) is 0 Å². The van der Waals surface area contributed by atoms with E-state index in [2.05, 4.69) is 29.6 Å². The van der Waals surface area contributed by atoms with Crippen molar-refractivity contribution in [3.63, 3.8) is 0 Å². The van der Waals surface area contributed by atoms with Gasteiger partial charge in [-0.05, 0) is 37.6 Å². The zero-order valence-electron chi connectivity index (χ0n) is 7.92. The van der Waals surface area contributed by atoms with Gasteiger partial charge in [0.1, 0.15) is 0 Å². The van der Waals surface area contributed by atoms with Crippen LogP contribution in [0.1, 0.15) is 17.9 Å². The number of fused-ring (bicyclic) bond motifs is 1. The summed E-state index contributed by atoms with van der Waals surface area (Å²) >= 11 is 2.00. The predicted molar refractivity (Wildman–Crippen MR) is 58.5 cm³/mol. The normalized spacial score (nSPS) is 20.2. The molecule has 1 aromatic carbocycles. The Bertz CT molecular complexity index is 285. The van der Waals surface area contributed by atoms with Gasteiger partial charge in [-0.1, -0.05) is 18.2 Å². The van der Waals surface area contributed by atoms with E-state index in [1.807, 2.05) is 18.8 Å². The number of thioether (sulfide) groups is 1. The minimum atomic E-state index is 0.772. The summed E-state index contributed by atoms with van der Waals surface area (Å²) in [6, 6.07) is 8.79. The Labute approximate surface area is 83.9 Å². The Morgan fingerprint density at radius 2 is 2.31 bits per heavy atom. The predicted octanol–water partition coefficient (Wildman–Crippen LogP) is 2.49. The fraction of sp³-hybridized carbons (Fsp3) is 0.455. The molecule has 1 aliphatic heterocycles. The molecule has 1 atom stereocenters. The lowest BCUT2D eigenvalue weighted by atomic mass is 9.98. The van der Waals surface area contributed by atoms with E-state index < -0.39 is 0 Å². The number of nitrogens with one attached hydrogen (secondary N) is 1. The second-order valence-corrected chi connectivity index (χ2v) is 4.50. The van der Waals surface area contributed by atoms with Gasteiger partial charge in [-0.3, -0.25) is 0 Å². The molecule has 1 aromatic rings. The van der Waals surface area contributed by atoms with E-state index in [4.69, 9.17) is 0 Å². The number of hydrogen-bond acceptors (Lipinski definition) is 2. The minimum Gasteiger partial charge on any atom is -0.320 e. The maximum atomic E-state index is 3.22. The van der Waals surface area contributed by atoms with Crippen LogP contribution in [0.25, 0.3) is 0 Å². The van der Waals surface area contributed by atoms with Crippen LogP contribution in [0.5, 0.6) is 0 Å². The summed E-state index contributed by atoms with van der Waals surface area (Å²) in [6.07, 6.45) is 1.26. The lowest BCUT2D eigenvalue weighted by molar-refractivity contribution is 0.644. The van der Waals surface area contributed by atoms with Crippen molar-refractivity contribution >= 4 is 11.8 Å². The van der Waals surface area contributed by atoms with Crippen LogP contribution in [0, 0.1) is 0 Å². The maximum absolute atomic E-state index is 3.22. The molecule has 0 saturated carbocycles. The van der Waals surface area contributed by atoms with Gasteiger partial charge >= 0.3 is 0 Å². The van der Waals surface area contributed by atoms with Crippen LogP contribution < -0.4 is 5.32 Å². The highest BCUT2D eigenvalue weighted by molar-refractivity contribution is 7.99. The van der Waals surface area contributed by atoms with E-state index in [0.717, 1.165) is 12.5 Å². The molecule has 0 saturated heterocycles. The second-order valence-electron chi connectivity index (χ2n) is 3.44. The minimum absolute atomic E-state index is 0.772. The Kier molecular flexibility index (Phi) is 2.91. The van der Waals surface area contributed by atoms with Crippen molar-refractivity contribution in [2.45, 2.75) is 17.2 Å². The van der Waals surface area contributed by atoms with E-state index in [9.17, 15) is 0 Å². The van der Waals surface area contributed by atoms with Crippen LogP contribution in [0.3, 0.4) is 0 Å². The van der Waals surface area contributed by atoms with Crippen molar-refractivity contribution in [3.8, 4) is 0 Å². The SMILES string of the molecule is CNCCC1CSc2ccccc21. The molecule has 0 amide bonds. The molecule has 0 aliphatic carbocycles. The molecular formula is C11H15NS. The fourth-order valence-electron chi connectivity index (χ4n) is 1.79. The average molecular weight is 193 g/mol. The largest absolute Gasteiger partial charge is 0.320 e. The first-order valence-electron chi connectivity index (χ1n) is 4.78. The third kappa shape index (κ3) is 1.89.